The highest BCUT2D eigenvalue weighted by atomic mass is 127. The smallest absolute Gasteiger partial charge is 0.191 e. The van der Waals surface area contributed by atoms with Crippen LogP contribution in [-0.2, 0) is 13.0 Å². The summed E-state index contributed by atoms with van der Waals surface area (Å²) in [6, 6.07) is 9.14. The molecular formula is C19H31IN4O. The van der Waals surface area contributed by atoms with E-state index in [4.69, 9.17) is 0 Å². The number of rotatable bonds is 6. The van der Waals surface area contributed by atoms with Gasteiger partial charge in [-0.2, -0.15) is 0 Å². The highest BCUT2D eigenvalue weighted by Gasteiger charge is 2.33. The molecule has 1 aromatic carbocycles. The van der Waals surface area contributed by atoms with Gasteiger partial charge in [0.15, 0.2) is 5.96 Å². The number of nitrogens with zero attached hydrogens (tertiary/aromatic N) is 2. The zero-order chi connectivity index (χ0) is 16.9. The lowest BCUT2D eigenvalue weighted by atomic mass is 10.00. The molecule has 1 aliphatic carbocycles. The Morgan fingerprint density at radius 3 is 2.76 bits per heavy atom. The molecule has 1 aromatic rings. The van der Waals surface area contributed by atoms with E-state index >= 15 is 0 Å². The molecule has 1 aliphatic heterocycles. The van der Waals surface area contributed by atoms with Gasteiger partial charge in [0, 0.05) is 32.2 Å². The van der Waals surface area contributed by atoms with Crippen molar-refractivity contribution in [1.29, 1.82) is 0 Å². The summed E-state index contributed by atoms with van der Waals surface area (Å²) in [6.07, 6.45) is 1.85. The Morgan fingerprint density at radius 1 is 1.36 bits per heavy atom. The van der Waals surface area contributed by atoms with Crippen LogP contribution in [0, 0.1) is 5.92 Å². The molecule has 0 radical (unpaired) electrons. The molecule has 3 unspecified atom stereocenters. The zero-order valence-electron chi connectivity index (χ0n) is 15.2. The monoisotopic (exact) mass is 458 g/mol. The SMILES string of the molecule is CCNC(=NCC(O)CN1CCc2ccccc2C1)NC1CC1C.I. The van der Waals surface area contributed by atoms with Crippen LogP contribution in [0.15, 0.2) is 29.3 Å². The van der Waals surface area contributed by atoms with Crippen molar-refractivity contribution in [3.63, 3.8) is 0 Å². The zero-order valence-corrected chi connectivity index (χ0v) is 17.6. The molecule has 0 saturated heterocycles. The van der Waals surface area contributed by atoms with Crippen molar-refractivity contribution in [3.05, 3.63) is 35.4 Å². The second-order valence-corrected chi connectivity index (χ2v) is 7.09. The first kappa shape index (κ1) is 20.5. The molecule has 25 heavy (non-hydrogen) atoms. The maximum Gasteiger partial charge on any atom is 0.191 e. The predicted octanol–water partition coefficient (Wildman–Crippen LogP) is 1.99. The highest BCUT2D eigenvalue weighted by molar-refractivity contribution is 14.0. The average molecular weight is 458 g/mol. The molecule has 5 nitrogen and oxygen atoms in total. The Labute approximate surface area is 168 Å². The molecule has 3 atom stereocenters. The molecule has 1 saturated carbocycles. The second kappa shape index (κ2) is 9.73. The van der Waals surface area contributed by atoms with Crippen LogP contribution in [0.2, 0.25) is 0 Å². The Kier molecular flexibility index (Phi) is 7.96. The van der Waals surface area contributed by atoms with Crippen LogP contribution in [0.3, 0.4) is 0 Å². The van der Waals surface area contributed by atoms with Crippen LogP contribution in [0.25, 0.3) is 0 Å². The molecule has 0 spiro atoms. The van der Waals surface area contributed by atoms with E-state index in [1.54, 1.807) is 0 Å². The summed E-state index contributed by atoms with van der Waals surface area (Å²) >= 11 is 0. The molecular weight excluding hydrogens is 427 g/mol. The standard InChI is InChI=1S/C19H30N4O.HI/c1-3-20-19(22-18-10-14(18)2)21-11-17(24)13-23-9-8-15-6-4-5-7-16(15)12-23;/h4-7,14,17-18,24H,3,8-13H2,1-2H3,(H2,20,21,22);1H. The number of hydrogen-bond acceptors (Lipinski definition) is 3. The first-order valence-corrected chi connectivity index (χ1v) is 9.17. The summed E-state index contributed by atoms with van der Waals surface area (Å²) in [5.41, 5.74) is 2.83. The van der Waals surface area contributed by atoms with Crippen molar-refractivity contribution in [1.82, 2.24) is 15.5 Å². The van der Waals surface area contributed by atoms with E-state index in [9.17, 15) is 5.11 Å². The van der Waals surface area contributed by atoms with Crippen molar-refractivity contribution >= 4 is 29.9 Å². The third-order valence-corrected chi connectivity index (χ3v) is 4.91. The van der Waals surface area contributed by atoms with E-state index in [2.05, 4.69) is 58.6 Å². The van der Waals surface area contributed by atoms with E-state index in [0.29, 0.717) is 19.1 Å². The number of fused-ring (bicyclic) bond motifs is 1. The molecule has 6 heteroatoms. The van der Waals surface area contributed by atoms with Gasteiger partial charge in [0.05, 0.1) is 12.6 Å². The van der Waals surface area contributed by atoms with Crippen molar-refractivity contribution in [2.75, 3.05) is 26.2 Å². The first-order chi connectivity index (χ1) is 11.7. The van der Waals surface area contributed by atoms with E-state index in [1.807, 2.05) is 0 Å². The highest BCUT2D eigenvalue weighted by Crippen LogP contribution is 2.28. The molecule has 3 N–H and O–H groups in total. The van der Waals surface area contributed by atoms with Gasteiger partial charge in [-0.15, -0.1) is 24.0 Å². The second-order valence-electron chi connectivity index (χ2n) is 7.09. The van der Waals surface area contributed by atoms with Gasteiger partial charge in [-0.05, 0) is 36.8 Å². The molecule has 140 valence electrons. The number of benzene rings is 1. The maximum atomic E-state index is 10.4. The number of hydrogen-bond donors (Lipinski definition) is 3. The van der Waals surface area contributed by atoms with E-state index < -0.39 is 6.10 Å². The minimum Gasteiger partial charge on any atom is -0.390 e. The summed E-state index contributed by atoms with van der Waals surface area (Å²) < 4.78 is 0. The topological polar surface area (TPSA) is 59.9 Å². The molecule has 0 amide bonds. The fourth-order valence-corrected chi connectivity index (χ4v) is 3.28. The quantitative estimate of drug-likeness (QED) is 0.347. The fourth-order valence-electron chi connectivity index (χ4n) is 3.28. The first-order valence-electron chi connectivity index (χ1n) is 9.17. The number of aliphatic imine (C=N–C) groups is 1. The van der Waals surface area contributed by atoms with Crippen LogP contribution >= 0.6 is 24.0 Å². The Bertz CT molecular complexity index is 580. The molecule has 0 aromatic heterocycles. The summed E-state index contributed by atoms with van der Waals surface area (Å²) in [4.78, 5) is 6.88. The molecule has 3 rings (SSSR count). The molecule has 1 fully saturated rings. The van der Waals surface area contributed by atoms with Crippen LogP contribution in [0.4, 0.5) is 0 Å². The third kappa shape index (κ3) is 6.11. The summed E-state index contributed by atoms with van der Waals surface area (Å²) in [5.74, 6) is 1.56. The van der Waals surface area contributed by atoms with Gasteiger partial charge in [0.1, 0.15) is 0 Å². The number of halogens is 1. The van der Waals surface area contributed by atoms with Crippen molar-refractivity contribution < 1.29 is 5.11 Å². The Morgan fingerprint density at radius 2 is 2.08 bits per heavy atom. The number of nitrogens with one attached hydrogen (secondary N) is 2. The van der Waals surface area contributed by atoms with Gasteiger partial charge >= 0.3 is 0 Å². The summed E-state index contributed by atoms with van der Waals surface area (Å²) in [6.45, 7) is 8.20. The van der Waals surface area contributed by atoms with Gasteiger partial charge in [0.2, 0.25) is 0 Å². The van der Waals surface area contributed by atoms with Gasteiger partial charge in [-0.25, -0.2) is 0 Å². The van der Waals surface area contributed by atoms with Gasteiger partial charge in [0.25, 0.3) is 0 Å². The summed E-state index contributed by atoms with van der Waals surface area (Å²) in [5, 5.41) is 17.1. The predicted molar refractivity (Wildman–Crippen MR) is 114 cm³/mol. The molecule has 2 aliphatic rings. The van der Waals surface area contributed by atoms with Crippen LogP contribution in [0.1, 0.15) is 31.4 Å². The van der Waals surface area contributed by atoms with Crippen molar-refractivity contribution in [3.8, 4) is 0 Å². The maximum absolute atomic E-state index is 10.4. The van der Waals surface area contributed by atoms with E-state index in [-0.39, 0.29) is 24.0 Å². The van der Waals surface area contributed by atoms with Gasteiger partial charge in [-0.3, -0.25) is 9.89 Å². The Hall–Kier alpha value is -0.860. The van der Waals surface area contributed by atoms with Gasteiger partial charge < -0.3 is 15.7 Å². The van der Waals surface area contributed by atoms with Crippen LogP contribution in [0.5, 0.6) is 0 Å². The minimum atomic E-state index is -0.428. The largest absolute Gasteiger partial charge is 0.390 e. The number of aliphatic hydroxyl groups excluding tert-OH is 1. The third-order valence-electron chi connectivity index (χ3n) is 4.91. The fraction of sp³-hybridized carbons (Fsp3) is 0.632. The number of guanidine groups is 1. The van der Waals surface area contributed by atoms with E-state index in [1.165, 1.54) is 17.5 Å². The number of β-amino-alcohol motifs (C(OH)–C–C–N with tert-alkyl or cyclic N) is 1. The van der Waals surface area contributed by atoms with Gasteiger partial charge in [-0.1, -0.05) is 31.2 Å². The molecule has 1 heterocycles. The lowest BCUT2D eigenvalue weighted by Gasteiger charge is -2.30. The van der Waals surface area contributed by atoms with Crippen LogP contribution < -0.4 is 10.6 Å². The summed E-state index contributed by atoms with van der Waals surface area (Å²) in [7, 11) is 0. The molecule has 0 bridgehead atoms. The lowest BCUT2D eigenvalue weighted by Crippen LogP contribution is -2.41. The van der Waals surface area contributed by atoms with E-state index in [0.717, 1.165) is 37.9 Å². The number of aliphatic hydroxyl groups is 1. The minimum absolute atomic E-state index is 0. The normalized spacial score (nSPS) is 24.0. The average Bonchev–Trinajstić information content (AvgIpc) is 3.27. The lowest BCUT2D eigenvalue weighted by molar-refractivity contribution is 0.111. The van der Waals surface area contributed by atoms with Crippen LogP contribution in [-0.4, -0.2) is 54.3 Å². The van der Waals surface area contributed by atoms with Crippen molar-refractivity contribution in [2.24, 2.45) is 10.9 Å². The Balaban J connectivity index is 0.00000225. The van der Waals surface area contributed by atoms with Crippen molar-refractivity contribution in [2.45, 2.75) is 45.4 Å².